The lowest BCUT2D eigenvalue weighted by atomic mass is 9.85. The Kier molecular flexibility index (Phi) is 5.88. The maximum atomic E-state index is 5.41. The van der Waals surface area contributed by atoms with Gasteiger partial charge in [0.25, 0.3) is 0 Å². The molecule has 0 spiro atoms. The van der Waals surface area contributed by atoms with Gasteiger partial charge in [0.2, 0.25) is 0 Å². The van der Waals surface area contributed by atoms with Gasteiger partial charge in [0.15, 0.2) is 0 Å². The van der Waals surface area contributed by atoms with Gasteiger partial charge < -0.3 is 14.6 Å². The average Bonchev–Trinajstić information content (AvgIpc) is 3.00. The largest absolute Gasteiger partial charge is 0.469 e. The summed E-state index contributed by atoms with van der Waals surface area (Å²) in [6, 6.07) is 2.10. The van der Waals surface area contributed by atoms with Crippen LogP contribution in [0.5, 0.6) is 0 Å². The molecule has 120 valence electrons. The maximum Gasteiger partial charge on any atom is 0.105 e. The molecule has 1 aromatic heterocycles. The molecular weight excluding hydrogens is 260 g/mol. The normalized spacial score (nSPS) is 18.0. The van der Waals surface area contributed by atoms with Gasteiger partial charge in [0, 0.05) is 25.2 Å². The van der Waals surface area contributed by atoms with Gasteiger partial charge in [-0.1, -0.05) is 26.7 Å². The van der Waals surface area contributed by atoms with E-state index >= 15 is 0 Å². The van der Waals surface area contributed by atoms with Crippen molar-refractivity contribution in [2.75, 3.05) is 26.7 Å². The third-order valence-corrected chi connectivity index (χ3v) is 4.73. The zero-order chi connectivity index (χ0) is 15.3. The van der Waals surface area contributed by atoms with E-state index in [1.165, 1.54) is 44.3 Å². The highest BCUT2D eigenvalue weighted by atomic mass is 16.3. The Bertz CT molecular complexity index is 419. The van der Waals surface area contributed by atoms with E-state index < -0.39 is 0 Å². The summed E-state index contributed by atoms with van der Waals surface area (Å²) in [4.78, 5) is 2.47. The number of rotatable bonds is 8. The molecule has 3 nitrogen and oxygen atoms in total. The van der Waals surface area contributed by atoms with Crippen LogP contribution in [0.4, 0.5) is 0 Å². The second-order valence-corrected chi connectivity index (χ2v) is 7.41. The van der Waals surface area contributed by atoms with Crippen LogP contribution in [0.1, 0.15) is 50.9 Å². The molecule has 1 saturated carbocycles. The predicted molar refractivity (Wildman–Crippen MR) is 88.4 cm³/mol. The molecule has 0 atom stereocenters. The first-order valence-corrected chi connectivity index (χ1v) is 8.43. The maximum absolute atomic E-state index is 5.41. The van der Waals surface area contributed by atoms with Crippen LogP contribution in [0.2, 0.25) is 0 Å². The second kappa shape index (κ2) is 7.46. The average molecular weight is 292 g/mol. The summed E-state index contributed by atoms with van der Waals surface area (Å²) in [5, 5.41) is 3.70. The van der Waals surface area contributed by atoms with Crippen molar-refractivity contribution < 1.29 is 4.42 Å². The Balaban J connectivity index is 1.88. The summed E-state index contributed by atoms with van der Waals surface area (Å²) in [6.07, 6.45) is 7.32. The minimum atomic E-state index is 0.473. The van der Waals surface area contributed by atoms with E-state index in [1.54, 1.807) is 6.26 Å². The van der Waals surface area contributed by atoms with Crippen LogP contribution >= 0.6 is 0 Å². The molecule has 2 rings (SSSR count). The summed E-state index contributed by atoms with van der Waals surface area (Å²) in [5.41, 5.74) is 1.79. The fourth-order valence-corrected chi connectivity index (χ4v) is 3.64. The third-order valence-electron chi connectivity index (χ3n) is 4.73. The molecule has 0 amide bonds. The summed E-state index contributed by atoms with van der Waals surface area (Å²) in [5.74, 6) is 1.79. The molecule has 1 aromatic rings. The van der Waals surface area contributed by atoms with Gasteiger partial charge in [0.1, 0.15) is 5.76 Å². The van der Waals surface area contributed by atoms with Crippen molar-refractivity contribution >= 4 is 0 Å². The van der Waals surface area contributed by atoms with E-state index in [2.05, 4.69) is 44.1 Å². The first kappa shape index (κ1) is 16.6. The van der Waals surface area contributed by atoms with Gasteiger partial charge in [-0.25, -0.2) is 0 Å². The van der Waals surface area contributed by atoms with Crippen LogP contribution in [0.25, 0.3) is 0 Å². The molecule has 0 bridgehead atoms. The molecular formula is C18H32N2O. The lowest BCUT2D eigenvalue weighted by Crippen LogP contribution is -2.42. The molecule has 0 unspecified atom stereocenters. The van der Waals surface area contributed by atoms with Gasteiger partial charge in [-0.2, -0.15) is 0 Å². The molecule has 0 aromatic carbocycles. The van der Waals surface area contributed by atoms with Crippen LogP contribution in [0.3, 0.4) is 0 Å². The summed E-state index contributed by atoms with van der Waals surface area (Å²) < 4.78 is 5.41. The quantitative estimate of drug-likeness (QED) is 0.789. The van der Waals surface area contributed by atoms with Crippen LogP contribution < -0.4 is 5.32 Å². The molecule has 21 heavy (non-hydrogen) atoms. The molecule has 1 N–H and O–H groups in total. The van der Waals surface area contributed by atoms with E-state index in [0.29, 0.717) is 5.41 Å². The van der Waals surface area contributed by atoms with Gasteiger partial charge in [0.05, 0.1) is 6.26 Å². The van der Waals surface area contributed by atoms with Crippen molar-refractivity contribution in [2.45, 2.75) is 53.0 Å². The number of hydrogen-bond acceptors (Lipinski definition) is 3. The number of hydrogen-bond donors (Lipinski definition) is 1. The van der Waals surface area contributed by atoms with Crippen molar-refractivity contribution in [1.29, 1.82) is 0 Å². The van der Waals surface area contributed by atoms with Gasteiger partial charge >= 0.3 is 0 Å². The Hall–Kier alpha value is -0.800. The van der Waals surface area contributed by atoms with Crippen molar-refractivity contribution in [3.8, 4) is 0 Å². The van der Waals surface area contributed by atoms with Gasteiger partial charge in [-0.05, 0) is 50.8 Å². The van der Waals surface area contributed by atoms with Gasteiger partial charge in [-0.15, -0.1) is 0 Å². The minimum absolute atomic E-state index is 0.473. The number of nitrogens with one attached hydrogen (secondary N) is 1. The SMILES string of the molecule is Cc1occc1CN(C)CC1(CNCC(C)C)CCCC1. The third kappa shape index (κ3) is 4.86. The van der Waals surface area contributed by atoms with Crippen molar-refractivity contribution in [3.63, 3.8) is 0 Å². The summed E-state index contributed by atoms with van der Waals surface area (Å²) in [7, 11) is 2.24. The fraction of sp³-hybridized carbons (Fsp3) is 0.778. The highest BCUT2D eigenvalue weighted by Gasteiger charge is 2.34. The Labute approximate surface area is 130 Å². The molecule has 1 heterocycles. The first-order valence-electron chi connectivity index (χ1n) is 8.43. The molecule has 0 aliphatic heterocycles. The van der Waals surface area contributed by atoms with Crippen LogP contribution in [0.15, 0.2) is 16.7 Å². The number of aryl methyl sites for hydroxylation is 1. The highest BCUT2D eigenvalue weighted by molar-refractivity contribution is 5.15. The van der Waals surface area contributed by atoms with Crippen molar-refractivity contribution in [1.82, 2.24) is 10.2 Å². The monoisotopic (exact) mass is 292 g/mol. The molecule has 0 saturated heterocycles. The number of nitrogens with zero attached hydrogens (tertiary/aromatic N) is 1. The molecule has 1 fully saturated rings. The van der Waals surface area contributed by atoms with Crippen LogP contribution in [0, 0.1) is 18.3 Å². The summed E-state index contributed by atoms with van der Waals surface area (Å²) >= 11 is 0. The lowest BCUT2D eigenvalue weighted by molar-refractivity contribution is 0.166. The zero-order valence-corrected chi connectivity index (χ0v) is 14.2. The number of furan rings is 1. The lowest BCUT2D eigenvalue weighted by Gasteiger charge is -2.34. The highest BCUT2D eigenvalue weighted by Crippen LogP contribution is 2.38. The van der Waals surface area contributed by atoms with E-state index in [9.17, 15) is 0 Å². The van der Waals surface area contributed by atoms with E-state index in [0.717, 1.165) is 24.8 Å². The van der Waals surface area contributed by atoms with E-state index in [4.69, 9.17) is 4.42 Å². The summed E-state index contributed by atoms with van der Waals surface area (Å²) in [6.45, 7) is 11.1. The van der Waals surface area contributed by atoms with Crippen LogP contribution in [-0.4, -0.2) is 31.6 Å². The first-order chi connectivity index (χ1) is 10.0. The fourth-order valence-electron chi connectivity index (χ4n) is 3.64. The Morgan fingerprint density at radius 3 is 2.62 bits per heavy atom. The van der Waals surface area contributed by atoms with Crippen molar-refractivity contribution in [3.05, 3.63) is 23.7 Å². The smallest absolute Gasteiger partial charge is 0.105 e. The van der Waals surface area contributed by atoms with Crippen molar-refractivity contribution in [2.24, 2.45) is 11.3 Å². The molecule has 0 radical (unpaired) electrons. The molecule has 1 aliphatic rings. The Morgan fingerprint density at radius 1 is 1.33 bits per heavy atom. The van der Waals surface area contributed by atoms with Gasteiger partial charge in [-0.3, -0.25) is 0 Å². The molecule has 1 aliphatic carbocycles. The van der Waals surface area contributed by atoms with E-state index in [1.807, 2.05) is 0 Å². The zero-order valence-electron chi connectivity index (χ0n) is 14.2. The standard InChI is InChI=1S/C18H32N2O/c1-15(2)11-19-13-18(8-5-6-9-18)14-20(4)12-17-7-10-21-16(17)3/h7,10,15,19H,5-6,8-9,11-14H2,1-4H3. The van der Waals surface area contributed by atoms with E-state index in [-0.39, 0.29) is 0 Å². The topological polar surface area (TPSA) is 28.4 Å². The minimum Gasteiger partial charge on any atom is -0.469 e. The Morgan fingerprint density at radius 2 is 2.05 bits per heavy atom. The molecule has 3 heteroatoms. The predicted octanol–water partition coefficient (Wildman–Crippen LogP) is 3.83. The van der Waals surface area contributed by atoms with Crippen LogP contribution in [-0.2, 0) is 6.54 Å². The second-order valence-electron chi connectivity index (χ2n) is 7.41.